The lowest BCUT2D eigenvalue weighted by Crippen LogP contribution is -2.32. The molecule has 1 heteroatoms. The first-order valence-corrected chi connectivity index (χ1v) is 5.55. The minimum absolute atomic E-state index is 0.801. The highest BCUT2D eigenvalue weighted by atomic mass is 15.1. The van der Waals surface area contributed by atoms with Gasteiger partial charge in [0, 0.05) is 12.6 Å². The lowest BCUT2D eigenvalue weighted by molar-refractivity contribution is 0.226. The quantitative estimate of drug-likeness (QED) is 0.478. The molecule has 1 saturated carbocycles. The molecule has 0 saturated heterocycles. The number of likely N-dealkylation sites (N-methyl/N-ethyl adjacent to an activating group) is 1. The number of hydrogen-bond acceptors (Lipinski definition) is 1. The zero-order chi connectivity index (χ0) is 9.68. The largest absolute Gasteiger partial charge is 0.300 e. The normalized spacial score (nSPS) is 30.1. The second kappa shape index (κ2) is 5.43. The highest BCUT2D eigenvalue weighted by Gasteiger charge is 2.19. The maximum absolute atomic E-state index is 3.80. The Labute approximate surface area is 82.8 Å². The molecule has 0 aromatic heterocycles. The average molecular weight is 181 g/mol. The molecule has 76 valence electrons. The third-order valence-corrected chi connectivity index (χ3v) is 3.20. The van der Waals surface area contributed by atoms with Crippen molar-refractivity contribution in [1.82, 2.24) is 4.90 Å². The fraction of sp³-hybridized carbons (Fsp3) is 0.833. The first-order chi connectivity index (χ1) is 6.24. The van der Waals surface area contributed by atoms with Gasteiger partial charge in [-0.1, -0.05) is 32.3 Å². The predicted octanol–water partition coefficient (Wildman–Crippen LogP) is 3.07. The summed E-state index contributed by atoms with van der Waals surface area (Å²) in [6, 6.07) is 0.801. The van der Waals surface area contributed by atoms with Crippen LogP contribution in [-0.4, -0.2) is 24.5 Å². The summed E-state index contributed by atoms with van der Waals surface area (Å²) in [5.74, 6) is 0.916. The molecule has 1 fully saturated rings. The molecule has 0 radical (unpaired) electrons. The summed E-state index contributed by atoms with van der Waals surface area (Å²) in [7, 11) is 2.23. The van der Waals surface area contributed by atoms with Crippen LogP contribution < -0.4 is 0 Å². The Hall–Kier alpha value is -0.300. The molecular weight excluding hydrogens is 158 g/mol. The SMILES string of the molecule is C=CCN(C)C1CCCCC(C)C1. The standard InChI is InChI=1S/C12H23N/c1-4-9-13(3)12-8-6-5-7-11(2)10-12/h4,11-12H,1,5-10H2,2-3H3. The Balaban J connectivity index is 2.41. The van der Waals surface area contributed by atoms with Crippen LogP contribution in [0.15, 0.2) is 12.7 Å². The maximum atomic E-state index is 3.80. The lowest BCUT2D eigenvalue weighted by atomic mass is 9.99. The van der Waals surface area contributed by atoms with Crippen LogP contribution in [-0.2, 0) is 0 Å². The van der Waals surface area contributed by atoms with Gasteiger partial charge in [0.1, 0.15) is 0 Å². The summed E-state index contributed by atoms with van der Waals surface area (Å²) in [4.78, 5) is 2.45. The molecule has 0 aromatic carbocycles. The molecule has 2 unspecified atom stereocenters. The van der Waals surface area contributed by atoms with E-state index in [-0.39, 0.29) is 0 Å². The molecule has 0 amide bonds. The van der Waals surface area contributed by atoms with Gasteiger partial charge in [0.2, 0.25) is 0 Å². The van der Waals surface area contributed by atoms with E-state index < -0.39 is 0 Å². The van der Waals surface area contributed by atoms with E-state index >= 15 is 0 Å². The molecule has 0 aliphatic heterocycles. The van der Waals surface area contributed by atoms with Crippen LogP contribution in [0.3, 0.4) is 0 Å². The third kappa shape index (κ3) is 3.51. The minimum Gasteiger partial charge on any atom is -0.300 e. The van der Waals surface area contributed by atoms with Gasteiger partial charge in [0.15, 0.2) is 0 Å². The topological polar surface area (TPSA) is 3.24 Å². The van der Waals surface area contributed by atoms with Crippen LogP contribution in [0.5, 0.6) is 0 Å². The maximum Gasteiger partial charge on any atom is 0.0160 e. The lowest BCUT2D eigenvalue weighted by Gasteiger charge is -2.27. The average Bonchev–Trinajstić information content (AvgIpc) is 2.30. The summed E-state index contributed by atoms with van der Waals surface area (Å²) < 4.78 is 0. The van der Waals surface area contributed by atoms with Crippen molar-refractivity contribution in [2.75, 3.05) is 13.6 Å². The zero-order valence-electron chi connectivity index (χ0n) is 9.13. The summed E-state index contributed by atoms with van der Waals surface area (Å²) in [6.07, 6.45) is 9.04. The summed E-state index contributed by atoms with van der Waals surface area (Å²) in [5, 5.41) is 0. The van der Waals surface area contributed by atoms with Crippen molar-refractivity contribution >= 4 is 0 Å². The first kappa shape index (κ1) is 10.8. The predicted molar refractivity (Wildman–Crippen MR) is 58.9 cm³/mol. The molecular formula is C12H23N. The molecule has 1 aliphatic carbocycles. The Bertz CT molecular complexity index is 153. The Morgan fingerprint density at radius 1 is 1.38 bits per heavy atom. The van der Waals surface area contributed by atoms with E-state index in [9.17, 15) is 0 Å². The van der Waals surface area contributed by atoms with E-state index in [0.29, 0.717) is 0 Å². The van der Waals surface area contributed by atoms with E-state index in [2.05, 4.69) is 25.5 Å². The Kier molecular flexibility index (Phi) is 4.51. The van der Waals surface area contributed by atoms with Gasteiger partial charge in [0.05, 0.1) is 0 Å². The van der Waals surface area contributed by atoms with Crippen LogP contribution in [0.25, 0.3) is 0 Å². The van der Waals surface area contributed by atoms with Gasteiger partial charge in [-0.3, -0.25) is 4.90 Å². The van der Waals surface area contributed by atoms with Crippen LogP contribution in [0.1, 0.15) is 39.0 Å². The van der Waals surface area contributed by atoms with Gasteiger partial charge in [0.25, 0.3) is 0 Å². The first-order valence-electron chi connectivity index (χ1n) is 5.55. The molecule has 0 spiro atoms. The van der Waals surface area contributed by atoms with Crippen molar-refractivity contribution in [3.63, 3.8) is 0 Å². The van der Waals surface area contributed by atoms with Gasteiger partial charge in [-0.05, 0) is 25.8 Å². The zero-order valence-corrected chi connectivity index (χ0v) is 9.13. The van der Waals surface area contributed by atoms with E-state index in [1.54, 1.807) is 0 Å². The summed E-state index contributed by atoms with van der Waals surface area (Å²) >= 11 is 0. The summed E-state index contributed by atoms with van der Waals surface area (Å²) in [5.41, 5.74) is 0. The third-order valence-electron chi connectivity index (χ3n) is 3.20. The number of rotatable bonds is 3. The second-order valence-electron chi connectivity index (χ2n) is 4.51. The molecule has 1 nitrogen and oxygen atoms in total. The highest BCUT2D eigenvalue weighted by Crippen LogP contribution is 2.25. The van der Waals surface area contributed by atoms with E-state index in [1.165, 1.54) is 32.1 Å². The Morgan fingerprint density at radius 2 is 2.08 bits per heavy atom. The van der Waals surface area contributed by atoms with Crippen molar-refractivity contribution in [3.8, 4) is 0 Å². The van der Waals surface area contributed by atoms with Crippen molar-refractivity contribution in [2.24, 2.45) is 5.92 Å². The monoisotopic (exact) mass is 181 g/mol. The van der Waals surface area contributed by atoms with Crippen LogP contribution in [0, 0.1) is 5.92 Å². The fourth-order valence-electron chi connectivity index (χ4n) is 2.33. The van der Waals surface area contributed by atoms with Crippen molar-refractivity contribution < 1.29 is 0 Å². The minimum atomic E-state index is 0.801. The molecule has 0 heterocycles. The van der Waals surface area contributed by atoms with Crippen LogP contribution in [0.4, 0.5) is 0 Å². The van der Waals surface area contributed by atoms with Gasteiger partial charge in [-0.15, -0.1) is 6.58 Å². The van der Waals surface area contributed by atoms with Crippen molar-refractivity contribution in [1.29, 1.82) is 0 Å². The number of nitrogens with zero attached hydrogens (tertiary/aromatic N) is 1. The van der Waals surface area contributed by atoms with Crippen molar-refractivity contribution in [3.05, 3.63) is 12.7 Å². The molecule has 13 heavy (non-hydrogen) atoms. The fourth-order valence-corrected chi connectivity index (χ4v) is 2.33. The molecule has 1 rings (SSSR count). The molecule has 0 bridgehead atoms. The number of hydrogen-bond donors (Lipinski definition) is 0. The van der Waals surface area contributed by atoms with Gasteiger partial charge in [-0.2, -0.15) is 0 Å². The van der Waals surface area contributed by atoms with Gasteiger partial charge < -0.3 is 0 Å². The Morgan fingerprint density at radius 3 is 2.77 bits per heavy atom. The van der Waals surface area contributed by atoms with Gasteiger partial charge in [-0.25, -0.2) is 0 Å². The van der Waals surface area contributed by atoms with E-state index in [1.807, 2.05) is 6.08 Å². The molecule has 0 aromatic rings. The van der Waals surface area contributed by atoms with Crippen LogP contribution >= 0.6 is 0 Å². The second-order valence-corrected chi connectivity index (χ2v) is 4.51. The molecule has 1 aliphatic rings. The molecule has 0 N–H and O–H groups in total. The van der Waals surface area contributed by atoms with E-state index in [0.717, 1.165) is 18.5 Å². The van der Waals surface area contributed by atoms with Gasteiger partial charge >= 0.3 is 0 Å². The summed E-state index contributed by atoms with van der Waals surface area (Å²) in [6.45, 7) is 7.22. The highest BCUT2D eigenvalue weighted by molar-refractivity contribution is 4.80. The molecule has 2 atom stereocenters. The van der Waals surface area contributed by atoms with Crippen LogP contribution in [0.2, 0.25) is 0 Å². The van der Waals surface area contributed by atoms with Crippen molar-refractivity contribution in [2.45, 2.75) is 45.1 Å². The van der Waals surface area contributed by atoms with E-state index in [4.69, 9.17) is 0 Å². The smallest absolute Gasteiger partial charge is 0.0160 e.